The Hall–Kier alpha value is -2.31. The summed E-state index contributed by atoms with van der Waals surface area (Å²) < 4.78 is 2.85. The Morgan fingerprint density at radius 3 is 2.71 bits per heavy atom. The Morgan fingerprint density at radius 2 is 1.96 bits per heavy atom. The fourth-order valence-electron chi connectivity index (χ4n) is 2.59. The fraction of sp³-hybridized carbons (Fsp3) is 0.0556. The van der Waals surface area contributed by atoms with Gasteiger partial charge in [-0.1, -0.05) is 53.4 Å². The van der Waals surface area contributed by atoms with Gasteiger partial charge in [0.15, 0.2) is 4.34 Å². The van der Waals surface area contributed by atoms with Crippen molar-refractivity contribution in [3.8, 4) is 16.5 Å². The number of hydrogen-bond donors (Lipinski definition) is 1. The van der Waals surface area contributed by atoms with Crippen molar-refractivity contribution in [2.75, 3.05) is 5.75 Å². The van der Waals surface area contributed by atoms with E-state index in [1.165, 1.54) is 4.57 Å². The number of hydrogen-bond acceptors (Lipinski definition) is 7. The number of carboxylic acid groups (broad SMARTS) is 1. The van der Waals surface area contributed by atoms with E-state index in [9.17, 15) is 9.59 Å². The average Bonchev–Trinajstić information content (AvgIpc) is 3.16. The molecule has 0 atom stereocenters. The van der Waals surface area contributed by atoms with E-state index >= 15 is 0 Å². The first-order valence-electron chi connectivity index (χ1n) is 7.99. The molecule has 0 aliphatic heterocycles. The molecule has 2 heterocycles. The first kappa shape index (κ1) is 19.0. The van der Waals surface area contributed by atoms with Gasteiger partial charge in [-0.3, -0.25) is 9.59 Å². The van der Waals surface area contributed by atoms with Gasteiger partial charge in [-0.25, -0.2) is 9.55 Å². The van der Waals surface area contributed by atoms with E-state index in [4.69, 9.17) is 10.1 Å². The van der Waals surface area contributed by atoms with Gasteiger partial charge in [-0.05, 0) is 40.8 Å². The molecule has 28 heavy (non-hydrogen) atoms. The molecule has 0 fully saturated rings. The van der Waals surface area contributed by atoms with Crippen LogP contribution in [0.3, 0.4) is 0 Å². The predicted octanol–water partition coefficient (Wildman–Crippen LogP) is 3.69. The van der Waals surface area contributed by atoms with Crippen LogP contribution >= 0.6 is 45.7 Å². The van der Waals surface area contributed by atoms with E-state index in [-0.39, 0.29) is 11.3 Å². The highest BCUT2D eigenvalue weighted by Gasteiger charge is 2.18. The van der Waals surface area contributed by atoms with E-state index in [1.54, 1.807) is 6.07 Å². The SMILES string of the molecule is O=C(O)CSc1nnc(-n2c(-c3ccccc3)nc3ccc(I)cc3c2=O)s1. The van der Waals surface area contributed by atoms with Crippen LogP contribution in [0.2, 0.25) is 0 Å². The second kappa shape index (κ2) is 7.97. The third-order valence-electron chi connectivity index (χ3n) is 3.77. The van der Waals surface area contributed by atoms with Gasteiger partial charge in [0.05, 0.1) is 16.7 Å². The molecule has 0 saturated carbocycles. The largest absolute Gasteiger partial charge is 0.481 e. The third-order valence-corrected chi connectivity index (χ3v) is 6.47. The normalized spacial score (nSPS) is 11.0. The lowest BCUT2D eigenvalue weighted by molar-refractivity contribution is -0.133. The minimum atomic E-state index is -0.939. The highest BCUT2D eigenvalue weighted by Crippen LogP contribution is 2.28. The zero-order valence-electron chi connectivity index (χ0n) is 14.1. The smallest absolute Gasteiger partial charge is 0.313 e. The number of halogens is 1. The van der Waals surface area contributed by atoms with Crippen LogP contribution in [0.15, 0.2) is 57.7 Å². The molecular formula is C18H11IN4O3S2. The van der Waals surface area contributed by atoms with Crippen molar-refractivity contribution in [3.05, 3.63) is 62.5 Å². The van der Waals surface area contributed by atoms with Gasteiger partial charge in [0.1, 0.15) is 5.82 Å². The standard InChI is InChI=1S/C18H11IN4O3S2/c19-11-6-7-13-12(8-11)16(26)23(15(20-13)10-4-2-1-3-5-10)17-21-22-18(28-17)27-9-14(24)25/h1-8H,9H2,(H,24,25). The maximum atomic E-state index is 13.3. The van der Waals surface area contributed by atoms with Crippen LogP contribution in [0.5, 0.6) is 0 Å². The molecule has 2 aromatic carbocycles. The zero-order chi connectivity index (χ0) is 19.7. The van der Waals surface area contributed by atoms with Crippen LogP contribution in [-0.2, 0) is 4.79 Å². The number of carboxylic acids is 1. The summed E-state index contributed by atoms with van der Waals surface area (Å²) in [5.74, 6) is -0.598. The first-order valence-corrected chi connectivity index (χ1v) is 10.9. The Labute approximate surface area is 180 Å². The van der Waals surface area contributed by atoms with Gasteiger partial charge in [0.2, 0.25) is 5.13 Å². The van der Waals surface area contributed by atoms with Crippen molar-refractivity contribution >= 4 is 62.6 Å². The Morgan fingerprint density at radius 1 is 1.18 bits per heavy atom. The van der Waals surface area contributed by atoms with Crippen LogP contribution in [0.4, 0.5) is 0 Å². The van der Waals surface area contributed by atoms with Crippen molar-refractivity contribution in [3.63, 3.8) is 0 Å². The number of aromatic nitrogens is 4. The molecule has 1 N–H and O–H groups in total. The minimum Gasteiger partial charge on any atom is -0.481 e. The molecule has 4 aromatic rings. The van der Waals surface area contributed by atoms with Crippen molar-refractivity contribution < 1.29 is 9.90 Å². The van der Waals surface area contributed by atoms with Crippen LogP contribution in [0, 0.1) is 3.57 Å². The monoisotopic (exact) mass is 522 g/mol. The Bertz CT molecular complexity index is 1240. The molecule has 140 valence electrons. The Kier molecular flexibility index (Phi) is 5.42. The molecule has 0 bridgehead atoms. The van der Waals surface area contributed by atoms with E-state index in [0.29, 0.717) is 26.2 Å². The van der Waals surface area contributed by atoms with E-state index in [1.807, 2.05) is 42.5 Å². The van der Waals surface area contributed by atoms with Gasteiger partial charge >= 0.3 is 5.97 Å². The maximum absolute atomic E-state index is 13.3. The second-order valence-corrected chi connectivity index (χ2v) is 9.06. The summed E-state index contributed by atoms with van der Waals surface area (Å²) in [5.41, 5.74) is 1.13. The lowest BCUT2D eigenvalue weighted by Gasteiger charge is -2.11. The van der Waals surface area contributed by atoms with Crippen molar-refractivity contribution in [2.24, 2.45) is 0 Å². The summed E-state index contributed by atoms with van der Waals surface area (Å²) in [6.45, 7) is 0. The molecule has 0 spiro atoms. The number of nitrogens with zero attached hydrogens (tertiary/aromatic N) is 4. The summed E-state index contributed by atoms with van der Waals surface area (Å²) in [6.07, 6.45) is 0. The lowest BCUT2D eigenvalue weighted by Crippen LogP contribution is -2.22. The van der Waals surface area contributed by atoms with Gasteiger partial charge in [0, 0.05) is 9.13 Å². The molecule has 0 unspecified atom stereocenters. The van der Waals surface area contributed by atoms with Gasteiger partial charge < -0.3 is 5.11 Å². The van der Waals surface area contributed by atoms with Crippen LogP contribution in [-0.4, -0.2) is 36.6 Å². The first-order chi connectivity index (χ1) is 13.5. The van der Waals surface area contributed by atoms with Crippen LogP contribution in [0.1, 0.15) is 0 Å². The molecule has 0 aliphatic carbocycles. The second-order valence-electron chi connectivity index (χ2n) is 5.64. The van der Waals surface area contributed by atoms with Gasteiger partial charge in [-0.2, -0.15) is 0 Å². The van der Waals surface area contributed by atoms with Crippen molar-refractivity contribution in [2.45, 2.75) is 4.34 Å². The molecule has 2 aromatic heterocycles. The highest BCUT2D eigenvalue weighted by molar-refractivity contribution is 14.1. The number of benzene rings is 2. The summed E-state index contributed by atoms with van der Waals surface area (Å²) in [6, 6.07) is 14.9. The van der Waals surface area contributed by atoms with E-state index < -0.39 is 5.97 Å². The third kappa shape index (κ3) is 3.80. The molecule has 0 amide bonds. The number of carbonyl (C=O) groups is 1. The minimum absolute atomic E-state index is 0.122. The quantitative estimate of drug-likeness (QED) is 0.316. The Balaban J connectivity index is 1.94. The van der Waals surface area contributed by atoms with Crippen molar-refractivity contribution in [1.82, 2.24) is 19.7 Å². The predicted molar refractivity (Wildman–Crippen MR) is 117 cm³/mol. The zero-order valence-corrected chi connectivity index (χ0v) is 17.9. The topological polar surface area (TPSA) is 98.0 Å². The molecule has 4 rings (SSSR count). The number of aliphatic carboxylic acids is 1. The van der Waals surface area contributed by atoms with Gasteiger partial charge in [-0.15, -0.1) is 10.2 Å². The number of fused-ring (bicyclic) bond motifs is 1. The highest BCUT2D eigenvalue weighted by atomic mass is 127. The molecule has 0 aliphatic rings. The number of thioether (sulfide) groups is 1. The number of rotatable bonds is 5. The fourth-order valence-corrected chi connectivity index (χ4v) is 4.64. The molecule has 0 saturated heterocycles. The average molecular weight is 522 g/mol. The summed E-state index contributed by atoms with van der Waals surface area (Å²) in [5, 5.41) is 17.8. The summed E-state index contributed by atoms with van der Waals surface area (Å²) >= 11 is 4.38. The van der Waals surface area contributed by atoms with Crippen LogP contribution < -0.4 is 5.56 Å². The maximum Gasteiger partial charge on any atom is 0.313 e. The van der Waals surface area contributed by atoms with E-state index in [2.05, 4.69) is 32.8 Å². The molecule has 10 heteroatoms. The summed E-state index contributed by atoms with van der Waals surface area (Å²) in [7, 11) is 0. The summed E-state index contributed by atoms with van der Waals surface area (Å²) in [4.78, 5) is 28.8. The van der Waals surface area contributed by atoms with Crippen LogP contribution in [0.25, 0.3) is 27.4 Å². The lowest BCUT2D eigenvalue weighted by atomic mass is 10.2. The molecular weight excluding hydrogens is 511 g/mol. The van der Waals surface area contributed by atoms with Crippen molar-refractivity contribution in [1.29, 1.82) is 0 Å². The molecule has 0 radical (unpaired) electrons. The van der Waals surface area contributed by atoms with E-state index in [0.717, 1.165) is 32.2 Å². The van der Waals surface area contributed by atoms with Gasteiger partial charge in [0.25, 0.3) is 5.56 Å². The molecule has 7 nitrogen and oxygen atoms in total.